The second-order valence-corrected chi connectivity index (χ2v) is 10.9. The number of aromatic nitrogens is 3. The van der Waals surface area contributed by atoms with Gasteiger partial charge in [0.1, 0.15) is 18.8 Å². The van der Waals surface area contributed by atoms with E-state index in [4.69, 9.17) is 16.3 Å². The molecule has 0 spiro atoms. The molecule has 0 saturated carbocycles. The van der Waals surface area contributed by atoms with Gasteiger partial charge in [-0.2, -0.15) is 21.1 Å². The number of nitrogens with two attached hydrogens (primary N) is 2. The monoisotopic (exact) mass is 564 g/mol. The molecule has 2 aromatic heterocycles. The van der Waals surface area contributed by atoms with Gasteiger partial charge in [0.15, 0.2) is 5.13 Å². The number of carboxylic acids is 1. The Bertz CT molecular complexity index is 1270. The van der Waals surface area contributed by atoms with Crippen LogP contribution in [-0.2, 0) is 25.0 Å². The lowest BCUT2D eigenvalue weighted by molar-refractivity contribution is -0.155. The zero-order chi connectivity index (χ0) is 26.5. The summed E-state index contributed by atoms with van der Waals surface area (Å²) in [5.74, 6) is -1.01. The molecule has 2 aliphatic rings. The largest absolute Gasteiger partial charge is 0.477 e. The number of thioether (sulfide) groups is 2. The first-order chi connectivity index (χ1) is 17.8. The standard InChI is InChI=1S/C21H24N8O5S3/c1-34-27-15(17-26-21(23)37-28-17)18(30)25-14-11-2-3-13(16(20(32)33)29(11)19(14)31)36-12-4-6-24-8-10(12)9-35-7-5-22/h4,6,8,11,14H,2-3,5,7,9,22H2,1H3,(H,25,30)(H,32,33)(H2,23,26,28)/t11-,14+/m1/s1. The average molecular weight is 565 g/mol. The Morgan fingerprint density at radius 3 is 2.92 bits per heavy atom. The number of nitrogens with one attached hydrogen (secondary N) is 1. The highest BCUT2D eigenvalue weighted by molar-refractivity contribution is 8.03. The summed E-state index contributed by atoms with van der Waals surface area (Å²) in [5, 5.41) is 16.4. The Hall–Kier alpha value is -3.21. The highest BCUT2D eigenvalue weighted by Crippen LogP contribution is 2.44. The van der Waals surface area contributed by atoms with Crippen LogP contribution in [0.25, 0.3) is 0 Å². The minimum atomic E-state index is -1.21. The lowest BCUT2D eigenvalue weighted by atomic mass is 9.86. The van der Waals surface area contributed by atoms with Crippen molar-refractivity contribution in [2.45, 2.75) is 35.6 Å². The van der Waals surface area contributed by atoms with E-state index in [0.717, 1.165) is 27.7 Å². The number of hydrogen-bond acceptors (Lipinski definition) is 13. The molecule has 0 unspecified atom stereocenters. The van der Waals surface area contributed by atoms with Crippen LogP contribution in [0.3, 0.4) is 0 Å². The average Bonchev–Trinajstić information content (AvgIpc) is 3.32. The molecule has 2 amide bonds. The van der Waals surface area contributed by atoms with E-state index < -0.39 is 29.9 Å². The van der Waals surface area contributed by atoms with Crippen molar-refractivity contribution in [3.8, 4) is 0 Å². The number of aliphatic carboxylic acids is 1. The highest BCUT2D eigenvalue weighted by Gasteiger charge is 2.54. The number of carbonyl (C=O) groups excluding carboxylic acids is 2. The van der Waals surface area contributed by atoms with Gasteiger partial charge in [-0.1, -0.05) is 16.9 Å². The predicted molar refractivity (Wildman–Crippen MR) is 140 cm³/mol. The number of allylic oxidation sites excluding steroid dienone is 1. The first-order valence-corrected chi connectivity index (χ1v) is 13.8. The lowest BCUT2D eigenvalue weighted by Crippen LogP contribution is -2.72. The summed E-state index contributed by atoms with van der Waals surface area (Å²) in [6, 6.07) is 0.398. The third kappa shape index (κ3) is 5.71. The number of β-lactam (4-membered cyclic amide) rings is 1. The van der Waals surface area contributed by atoms with Crippen molar-refractivity contribution in [2.24, 2.45) is 10.9 Å². The van der Waals surface area contributed by atoms with Crippen molar-refractivity contribution >= 4 is 63.7 Å². The molecule has 2 atom stereocenters. The van der Waals surface area contributed by atoms with Gasteiger partial charge in [-0.25, -0.2) is 4.79 Å². The summed E-state index contributed by atoms with van der Waals surface area (Å²) in [6.45, 7) is 0.561. The molecule has 0 radical (unpaired) electrons. The molecule has 1 saturated heterocycles. The van der Waals surface area contributed by atoms with Gasteiger partial charge in [-0.3, -0.25) is 19.5 Å². The van der Waals surface area contributed by atoms with Gasteiger partial charge in [-0.15, -0.1) is 0 Å². The van der Waals surface area contributed by atoms with Crippen molar-refractivity contribution in [3.05, 3.63) is 40.5 Å². The van der Waals surface area contributed by atoms with Crippen molar-refractivity contribution < 1.29 is 24.3 Å². The smallest absolute Gasteiger partial charge is 0.353 e. The molecule has 16 heteroatoms. The van der Waals surface area contributed by atoms with E-state index in [1.54, 1.807) is 24.2 Å². The maximum absolute atomic E-state index is 13.1. The Balaban J connectivity index is 1.52. The highest BCUT2D eigenvalue weighted by atomic mass is 32.2. The molecule has 196 valence electrons. The summed E-state index contributed by atoms with van der Waals surface area (Å²) >= 11 is 3.87. The van der Waals surface area contributed by atoms with Crippen molar-refractivity contribution in [1.29, 1.82) is 0 Å². The molecule has 1 fully saturated rings. The minimum Gasteiger partial charge on any atom is -0.477 e. The number of hydrogen-bond donors (Lipinski definition) is 4. The summed E-state index contributed by atoms with van der Waals surface area (Å²) in [4.78, 5) is 53.7. The quantitative estimate of drug-likeness (QED) is 0.129. The first-order valence-electron chi connectivity index (χ1n) is 11.0. The van der Waals surface area contributed by atoms with E-state index in [1.807, 2.05) is 6.07 Å². The molecule has 6 N–H and O–H groups in total. The van der Waals surface area contributed by atoms with Gasteiger partial charge in [0.2, 0.25) is 11.5 Å². The van der Waals surface area contributed by atoms with E-state index in [1.165, 1.54) is 23.8 Å². The summed E-state index contributed by atoms with van der Waals surface area (Å²) in [6.07, 6.45) is 4.30. The van der Waals surface area contributed by atoms with E-state index in [0.29, 0.717) is 30.0 Å². The second kappa shape index (κ2) is 11.9. The molecule has 2 aromatic rings. The number of carbonyl (C=O) groups is 3. The Morgan fingerprint density at radius 2 is 2.24 bits per heavy atom. The van der Waals surface area contributed by atoms with Crippen LogP contribution in [0.2, 0.25) is 0 Å². The number of anilines is 1. The van der Waals surface area contributed by atoms with E-state index in [2.05, 4.69) is 24.8 Å². The number of pyridine rings is 1. The Morgan fingerprint density at radius 1 is 1.43 bits per heavy atom. The van der Waals surface area contributed by atoms with Crippen LogP contribution in [0.4, 0.5) is 5.13 Å². The van der Waals surface area contributed by atoms with Crippen LogP contribution in [0.15, 0.2) is 39.1 Å². The number of rotatable bonds is 11. The van der Waals surface area contributed by atoms with Gasteiger partial charge < -0.3 is 26.7 Å². The van der Waals surface area contributed by atoms with E-state index >= 15 is 0 Å². The molecule has 0 aliphatic carbocycles. The predicted octanol–water partition coefficient (Wildman–Crippen LogP) is 0.636. The lowest BCUT2D eigenvalue weighted by Gasteiger charge is -2.50. The SMILES string of the molecule is CON=C(C(=O)N[C@@H]1C(=O)N2C(C(=O)O)=C(Sc3ccncc3CSCCN)CC[C@H]12)c1nsc(N)n1. The number of nitrogen functional groups attached to an aromatic ring is 1. The van der Waals surface area contributed by atoms with Gasteiger partial charge in [-0.05, 0) is 24.5 Å². The molecule has 37 heavy (non-hydrogen) atoms. The fourth-order valence-corrected chi connectivity index (χ4v) is 6.40. The number of nitrogens with zero attached hydrogens (tertiary/aromatic N) is 5. The topological polar surface area (TPSA) is 199 Å². The van der Waals surface area contributed by atoms with E-state index in [9.17, 15) is 19.5 Å². The van der Waals surface area contributed by atoms with Crippen molar-refractivity contribution in [3.63, 3.8) is 0 Å². The van der Waals surface area contributed by atoms with Gasteiger partial charge >= 0.3 is 5.97 Å². The zero-order valence-corrected chi connectivity index (χ0v) is 22.1. The molecule has 4 rings (SSSR count). The van der Waals surface area contributed by atoms with Crippen molar-refractivity contribution in [1.82, 2.24) is 24.6 Å². The van der Waals surface area contributed by atoms with Crippen LogP contribution in [0.5, 0.6) is 0 Å². The third-order valence-corrected chi connectivity index (χ3v) is 8.39. The molecule has 0 aromatic carbocycles. The van der Waals surface area contributed by atoms with Crippen molar-refractivity contribution in [2.75, 3.05) is 25.1 Å². The molecular weight excluding hydrogens is 540 g/mol. The number of oxime groups is 1. The van der Waals surface area contributed by atoms with Gasteiger partial charge in [0.05, 0.1) is 6.04 Å². The Labute approximate surface area is 224 Å². The second-order valence-electron chi connectivity index (χ2n) is 7.85. The number of fused-ring (bicyclic) bond motifs is 1. The van der Waals surface area contributed by atoms with Gasteiger partial charge in [0.25, 0.3) is 11.8 Å². The maximum atomic E-state index is 13.1. The van der Waals surface area contributed by atoms with E-state index in [-0.39, 0.29) is 22.4 Å². The first kappa shape index (κ1) is 26.8. The third-order valence-electron chi connectivity index (χ3n) is 5.54. The molecular formula is C21H24N8O5S3. The van der Waals surface area contributed by atoms with Crippen LogP contribution >= 0.6 is 35.1 Å². The normalized spacial score (nSPS) is 19.4. The fraction of sp³-hybridized carbons (Fsp3) is 0.381. The van der Waals surface area contributed by atoms with Crippen LogP contribution in [0.1, 0.15) is 24.2 Å². The molecule has 13 nitrogen and oxygen atoms in total. The summed E-state index contributed by atoms with van der Waals surface area (Å²) in [5.41, 5.74) is 11.8. The van der Waals surface area contributed by atoms with Crippen LogP contribution < -0.4 is 16.8 Å². The molecule has 2 aliphatic heterocycles. The number of carboxylic acid groups (broad SMARTS) is 1. The van der Waals surface area contributed by atoms with Gasteiger partial charge in [0, 0.05) is 51.8 Å². The minimum absolute atomic E-state index is 0.0308. The Kier molecular flexibility index (Phi) is 8.63. The zero-order valence-electron chi connectivity index (χ0n) is 19.6. The molecule has 0 bridgehead atoms. The summed E-state index contributed by atoms with van der Waals surface area (Å²) in [7, 11) is 1.26. The maximum Gasteiger partial charge on any atom is 0.353 e. The van der Waals surface area contributed by atoms with Crippen LogP contribution in [-0.4, -0.2) is 79.3 Å². The van der Waals surface area contributed by atoms with Crippen LogP contribution in [0, 0.1) is 0 Å². The number of amides is 2. The fourth-order valence-electron chi connectivity index (χ4n) is 3.96. The summed E-state index contributed by atoms with van der Waals surface area (Å²) < 4.78 is 3.96. The molecule has 4 heterocycles.